The van der Waals surface area contributed by atoms with E-state index in [1.165, 1.54) is 17.6 Å². The van der Waals surface area contributed by atoms with Gasteiger partial charge in [0.15, 0.2) is 21.3 Å². The lowest BCUT2D eigenvalue weighted by Gasteiger charge is -2.15. The van der Waals surface area contributed by atoms with Crippen LogP contribution in [0.15, 0.2) is 16.3 Å². The van der Waals surface area contributed by atoms with E-state index in [9.17, 15) is 8.42 Å². The monoisotopic (exact) mass is 406 g/mol. The molecule has 2 aromatic rings. The van der Waals surface area contributed by atoms with Crippen molar-refractivity contribution in [1.29, 1.82) is 0 Å². The lowest BCUT2D eigenvalue weighted by molar-refractivity contribution is 0.267. The van der Waals surface area contributed by atoms with Crippen LogP contribution in [0, 0.1) is 6.92 Å². The Labute approximate surface area is 157 Å². The molecule has 0 bridgehead atoms. The maximum absolute atomic E-state index is 12.0. The summed E-state index contributed by atoms with van der Waals surface area (Å²) in [7, 11) is -3.29. The van der Waals surface area contributed by atoms with Crippen molar-refractivity contribution in [3.63, 3.8) is 0 Å². The van der Waals surface area contributed by atoms with Gasteiger partial charge in [0.25, 0.3) is 0 Å². The van der Waals surface area contributed by atoms with Crippen LogP contribution in [0.1, 0.15) is 12.0 Å². The molecule has 6 nitrogen and oxygen atoms in total. The van der Waals surface area contributed by atoms with Crippen molar-refractivity contribution in [3.05, 3.63) is 17.7 Å². The summed E-state index contributed by atoms with van der Waals surface area (Å²) in [4.78, 5) is 0. The fourth-order valence-electron chi connectivity index (χ4n) is 2.30. The third kappa shape index (κ3) is 4.98. The zero-order chi connectivity index (χ0) is 18.6. The molecule has 9 heteroatoms. The minimum absolute atomic E-state index is 0.235. The normalized spacial score (nSPS) is 13.2. The zero-order valence-electron chi connectivity index (χ0n) is 14.2. The van der Waals surface area contributed by atoms with Crippen LogP contribution in [-0.2, 0) is 9.84 Å². The summed E-state index contributed by atoms with van der Waals surface area (Å²) >= 11 is 7.25. The largest absolute Gasteiger partial charge is 0.490 e. The van der Waals surface area contributed by atoms with Crippen LogP contribution in [0.4, 0.5) is 0 Å². The maximum Gasteiger partial charge on any atom is 0.185 e. The topological polar surface area (TPSA) is 105 Å². The fourth-order valence-corrected chi connectivity index (χ4v) is 4.85. The van der Waals surface area contributed by atoms with E-state index in [0.717, 1.165) is 10.1 Å². The zero-order valence-corrected chi connectivity index (χ0v) is 16.6. The molecule has 0 amide bonds. The first-order valence-corrected chi connectivity index (χ1v) is 11.0. The van der Waals surface area contributed by atoms with E-state index in [1.807, 2.05) is 0 Å². The molecule has 0 spiro atoms. The van der Waals surface area contributed by atoms with E-state index in [0.29, 0.717) is 47.4 Å². The quantitative estimate of drug-likeness (QED) is 0.489. The van der Waals surface area contributed by atoms with Gasteiger partial charge in [0, 0.05) is 29.0 Å². The van der Waals surface area contributed by atoms with Crippen molar-refractivity contribution in [2.24, 2.45) is 11.5 Å². The molecule has 0 saturated carbocycles. The molecule has 0 unspecified atom stereocenters. The third-order valence-electron chi connectivity index (χ3n) is 3.58. The second kappa shape index (κ2) is 8.55. The van der Waals surface area contributed by atoms with E-state index in [4.69, 9.17) is 32.5 Å². The Balaban J connectivity index is 2.46. The standard InChI is InChI=1S/C16H23ClN2O4S2/c1-10-12-6-13(23-9-11(17)8-19)14(22-5-3-4-18)7-15(12)24-16(10)25(2,20)21/h6-7,11H,3-5,8-9,18-19H2,1-2H3/t11-/m0/s1. The van der Waals surface area contributed by atoms with Crippen LogP contribution in [0.5, 0.6) is 11.5 Å². The van der Waals surface area contributed by atoms with Crippen LogP contribution >= 0.6 is 22.9 Å². The number of ether oxygens (including phenoxy) is 2. The molecule has 0 saturated heterocycles. The Hall–Kier alpha value is -1.06. The molecule has 0 radical (unpaired) electrons. The molecule has 2 rings (SSSR count). The molecular weight excluding hydrogens is 384 g/mol. The first-order chi connectivity index (χ1) is 11.8. The van der Waals surface area contributed by atoms with Crippen LogP contribution in [-0.4, -0.2) is 46.4 Å². The highest BCUT2D eigenvalue weighted by molar-refractivity contribution is 7.93. The number of benzene rings is 1. The average Bonchev–Trinajstić information content (AvgIpc) is 2.89. The molecule has 1 atom stereocenters. The number of nitrogens with two attached hydrogens (primary N) is 2. The molecule has 0 fully saturated rings. The second-order valence-electron chi connectivity index (χ2n) is 5.72. The molecule has 1 aromatic heterocycles. The highest BCUT2D eigenvalue weighted by Gasteiger charge is 2.20. The van der Waals surface area contributed by atoms with Crippen LogP contribution in [0.25, 0.3) is 10.1 Å². The van der Waals surface area contributed by atoms with Gasteiger partial charge >= 0.3 is 0 Å². The SMILES string of the molecule is Cc1c(S(C)(=O)=O)sc2cc(OCCCN)c(OC[C@@H](Cl)CN)cc12. The predicted octanol–water partition coefficient (Wildman–Crippen LogP) is 2.29. The van der Waals surface area contributed by atoms with E-state index < -0.39 is 9.84 Å². The van der Waals surface area contributed by atoms with Gasteiger partial charge in [-0.25, -0.2) is 8.42 Å². The van der Waals surface area contributed by atoms with Crippen molar-refractivity contribution in [2.75, 3.05) is 32.6 Å². The second-order valence-corrected chi connectivity index (χ2v) is 9.60. The number of alkyl halides is 1. The van der Waals surface area contributed by atoms with Gasteiger partial charge in [0.2, 0.25) is 0 Å². The summed E-state index contributed by atoms with van der Waals surface area (Å²) in [6.07, 6.45) is 1.91. The van der Waals surface area contributed by atoms with Gasteiger partial charge in [-0.15, -0.1) is 22.9 Å². The summed E-state index contributed by atoms with van der Waals surface area (Å²) in [6, 6.07) is 3.60. The molecule has 1 aromatic carbocycles. The summed E-state index contributed by atoms with van der Waals surface area (Å²) in [5.41, 5.74) is 11.7. The average molecular weight is 407 g/mol. The first-order valence-electron chi connectivity index (χ1n) is 7.85. The Kier molecular flexibility index (Phi) is 6.93. The van der Waals surface area contributed by atoms with Gasteiger partial charge in [-0.3, -0.25) is 0 Å². The molecule has 0 aliphatic carbocycles. The van der Waals surface area contributed by atoms with E-state index in [2.05, 4.69) is 0 Å². The van der Waals surface area contributed by atoms with Crippen molar-refractivity contribution in [2.45, 2.75) is 22.9 Å². The van der Waals surface area contributed by atoms with Gasteiger partial charge < -0.3 is 20.9 Å². The molecule has 140 valence electrons. The highest BCUT2D eigenvalue weighted by atomic mass is 35.5. The number of halogens is 1. The molecule has 0 aliphatic rings. The number of thiophene rings is 1. The Morgan fingerprint density at radius 2 is 1.92 bits per heavy atom. The molecular formula is C16H23ClN2O4S2. The minimum atomic E-state index is -3.29. The number of aryl methyl sites for hydroxylation is 1. The van der Waals surface area contributed by atoms with Gasteiger partial charge in [-0.2, -0.15) is 0 Å². The van der Waals surface area contributed by atoms with Crippen LogP contribution in [0.2, 0.25) is 0 Å². The number of sulfone groups is 1. The van der Waals surface area contributed by atoms with Crippen molar-refractivity contribution in [1.82, 2.24) is 0 Å². The van der Waals surface area contributed by atoms with E-state index in [1.54, 1.807) is 19.1 Å². The third-order valence-corrected chi connectivity index (χ3v) is 7.07. The van der Waals surface area contributed by atoms with Crippen molar-refractivity contribution in [3.8, 4) is 11.5 Å². The predicted molar refractivity (Wildman–Crippen MR) is 103 cm³/mol. The van der Waals surface area contributed by atoms with Crippen LogP contribution in [0.3, 0.4) is 0 Å². The molecule has 4 N–H and O–H groups in total. The van der Waals surface area contributed by atoms with Gasteiger partial charge in [-0.05, 0) is 31.5 Å². The Morgan fingerprint density at radius 1 is 1.24 bits per heavy atom. The van der Waals surface area contributed by atoms with Crippen molar-refractivity contribution >= 4 is 42.9 Å². The van der Waals surface area contributed by atoms with Crippen LogP contribution < -0.4 is 20.9 Å². The van der Waals surface area contributed by atoms with E-state index >= 15 is 0 Å². The maximum atomic E-state index is 12.0. The van der Waals surface area contributed by atoms with Crippen molar-refractivity contribution < 1.29 is 17.9 Å². The smallest absolute Gasteiger partial charge is 0.185 e. The Bertz CT molecular complexity index is 836. The lowest BCUT2D eigenvalue weighted by Crippen LogP contribution is -2.21. The summed E-state index contributed by atoms with van der Waals surface area (Å²) in [5, 5.41) is 0.508. The highest BCUT2D eigenvalue weighted by Crippen LogP contribution is 2.41. The number of hydrogen-bond donors (Lipinski definition) is 2. The number of hydrogen-bond acceptors (Lipinski definition) is 7. The van der Waals surface area contributed by atoms with Gasteiger partial charge in [0.1, 0.15) is 10.8 Å². The summed E-state index contributed by atoms with van der Waals surface area (Å²) in [5.74, 6) is 1.06. The summed E-state index contributed by atoms with van der Waals surface area (Å²) < 4.78 is 36.6. The minimum Gasteiger partial charge on any atom is -0.490 e. The lowest BCUT2D eigenvalue weighted by atomic mass is 10.2. The first kappa shape index (κ1) is 20.3. The number of fused-ring (bicyclic) bond motifs is 1. The Morgan fingerprint density at radius 3 is 2.52 bits per heavy atom. The molecule has 1 heterocycles. The molecule has 25 heavy (non-hydrogen) atoms. The van der Waals surface area contributed by atoms with Gasteiger partial charge in [-0.1, -0.05) is 0 Å². The number of rotatable bonds is 9. The fraction of sp³-hybridized carbons (Fsp3) is 0.500. The van der Waals surface area contributed by atoms with Gasteiger partial charge in [0.05, 0.1) is 12.0 Å². The van der Waals surface area contributed by atoms with E-state index in [-0.39, 0.29) is 12.0 Å². The summed E-state index contributed by atoms with van der Waals surface area (Å²) in [6.45, 7) is 3.29. The molecule has 0 aliphatic heterocycles.